The molecule has 0 bridgehead atoms. The second-order valence-electron chi connectivity index (χ2n) is 4.56. The lowest BCUT2D eigenvalue weighted by molar-refractivity contribution is -0.136. The smallest absolute Gasteiger partial charge is 0.329 e. The van der Waals surface area contributed by atoms with E-state index in [1.165, 1.54) is 25.5 Å². The Morgan fingerprint density at radius 2 is 1.88 bits per heavy atom. The summed E-state index contributed by atoms with van der Waals surface area (Å²) in [6.07, 6.45) is 1.17. The van der Waals surface area contributed by atoms with Gasteiger partial charge >= 0.3 is 11.8 Å². The first-order chi connectivity index (χ1) is 11.5. The average Bonchev–Trinajstić information content (AvgIpc) is 2.58. The van der Waals surface area contributed by atoms with Gasteiger partial charge in [-0.2, -0.15) is 5.10 Å². The number of halogens is 1. The van der Waals surface area contributed by atoms with E-state index in [1.54, 1.807) is 18.2 Å². The lowest BCUT2D eigenvalue weighted by Gasteiger charge is -2.05. The molecule has 0 fully saturated rings. The molecule has 2 aromatic rings. The lowest BCUT2D eigenvalue weighted by Crippen LogP contribution is -2.32. The minimum Gasteiger partial charge on any atom is -0.504 e. The van der Waals surface area contributed by atoms with Crippen LogP contribution < -0.4 is 15.5 Å². The van der Waals surface area contributed by atoms with Crippen molar-refractivity contribution in [3.05, 3.63) is 53.8 Å². The molecule has 0 heterocycles. The maximum absolute atomic E-state index is 12.8. The second-order valence-corrected chi connectivity index (χ2v) is 4.56. The summed E-state index contributed by atoms with van der Waals surface area (Å²) < 4.78 is 17.7. The standard InChI is InChI=1S/C16H14FN3O4/c1-24-13-4-2-3-10(14(13)21)9-18-20-16(23)15(22)19-12-7-5-11(17)6-8-12/h2-9,21H,1H3,(H,19,22)(H,20,23)/b18-9+. The molecule has 0 atom stereocenters. The third-order valence-electron chi connectivity index (χ3n) is 2.93. The molecular weight excluding hydrogens is 317 g/mol. The molecule has 124 valence electrons. The SMILES string of the molecule is COc1cccc(/C=N/NC(=O)C(=O)Nc2ccc(F)cc2)c1O. The summed E-state index contributed by atoms with van der Waals surface area (Å²) in [5.41, 5.74) is 2.59. The lowest BCUT2D eigenvalue weighted by atomic mass is 10.2. The number of ether oxygens (including phenoxy) is 1. The highest BCUT2D eigenvalue weighted by molar-refractivity contribution is 6.39. The van der Waals surface area contributed by atoms with Gasteiger partial charge in [0, 0.05) is 11.3 Å². The van der Waals surface area contributed by atoms with Crippen LogP contribution in [0.25, 0.3) is 0 Å². The number of phenols is 1. The number of anilines is 1. The zero-order chi connectivity index (χ0) is 17.5. The van der Waals surface area contributed by atoms with Crippen molar-refractivity contribution >= 4 is 23.7 Å². The molecule has 3 N–H and O–H groups in total. The Bertz CT molecular complexity index is 775. The Morgan fingerprint density at radius 1 is 1.17 bits per heavy atom. The molecule has 0 aliphatic carbocycles. The van der Waals surface area contributed by atoms with Crippen molar-refractivity contribution in [3.8, 4) is 11.5 Å². The zero-order valence-electron chi connectivity index (χ0n) is 12.6. The molecule has 8 heteroatoms. The highest BCUT2D eigenvalue weighted by Crippen LogP contribution is 2.27. The highest BCUT2D eigenvalue weighted by atomic mass is 19.1. The molecule has 0 unspecified atom stereocenters. The van der Waals surface area contributed by atoms with E-state index in [9.17, 15) is 19.1 Å². The van der Waals surface area contributed by atoms with E-state index in [0.717, 1.165) is 12.1 Å². The molecule has 24 heavy (non-hydrogen) atoms. The highest BCUT2D eigenvalue weighted by Gasteiger charge is 2.13. The number of phenolic OH excluding ortho intramolecular Hbond substituents is 1. The van der Waals surface area contributed by atoms with Crippen molar-refractivity contribution in [3.63, 3.8) is 0 Å². The molecule has 2 aromatic carbocycles. The minimum absolute atomic E-state index is 0.145. The van der Waals surface area contributed by atoms with Crippen LogP contribution in [0.1, 0.15) is 5.56 Å². The molecule has 7 nitrogen and oxygen atoms in total. The molecule has 2 amide bonds. The Balaban J connectivity index is 1.95. The van der Waals surface area contributed by atoms with Crippen LogP contribution in [0.15, 0.2) is 47.6 Å². The van der Waals surface area contributed by atoms with Gasteiger partial charge in [0.1, 0.15) is 5.82 Å². The van der Waals surface area contributed by atoms with Crippen molar-refractivity contribution < 1.29 is 23.8 Å². The largest absolute Gasteiger partial charge is 0.504 e. The molecule has 2 rings (SSSR count). The van der Waals surface area contributed by atoms with Crippen LogP contribution in [0.4, 0.5) is 10.1 Å². The van der Waals surface area contributed by atoms with E-state index >= 15 is 0 Å². The molecule has 0 spiro atoms. The third kappa shape index (κ3) is 4.29. The van der Waals surface area contributed by atoms with E-state index in [4.69, 9.17) is 4.74 Å². The fourth-order valence-corrected chi connectivity index (χ4v) is 1.74. The quantitative estimate of drug-likeness (QED) is 0.450. The first-order valence-electron chi connectivity index (χ1n) is 6.77. The zero-order valence-corrected chi connectivity index (χ0v) is 12.6. The summed E-state index contributed by atoms with van der Waals surface area (Å²) in [6, 6.07) is 9.67. The number of nitrogens with one attached hydrogen (secondary N) is 2. The number of carbonyl (C=O) groups is 2. The summed E-state index contributed by atoms with van der Waals surface area (Å²) in [5.74, 6) is -2.33. The second kappa shape index (κ2) is 7.73. The normalized spacial score (nSPS) is 10.4. The molecule has 0 aliphatic heterocycles. The molecule has 0 saturated heterocycles. The van der Waals surface area contributed by atoms with Gasteiger partial charge < -0.3 is 15.2 Å². The van der Waals surface area contributed by atoms with E-state index in [2.05, 4.69) is 10.4 Å². The summed E-state index contributed by atoms with van der Waals surface area (Å²) in [6.45, 7) is 0. The van der Waals surface area contributed by atoms with Gasteiger partial charge in [0.15, 0.2) is 11.5 Å². The number of benzene rings is 2. The number of hydrazone groups is 1. The summed E-state index contributed by atoms with van der Waals surface area (Å²) in [4.78, 5) is 23.3. The number of hydrogen-bond donors (Lipinski definition) is 3. The van der Waals surface area contributed by atoms with Gasteiger partial charge in [0.05, 0.1) is 13.3 Å². The fraction of sp³-hybridized carbons (Fsp3) is 0.0625. The molecule has 0 radical (unpaired) electrons. The first kappa shape index (κ1) is 16.9. The number of hydrogen-bond acceptors (Lipinski definition) is 5. The van der Waals surface area contributed by atoms with E-state index in [-0.39, 0.29) is 17.2 Å². The van der Waals surface area contributed by atoms with Crippen LogP contribution in [0.2, 0.25) is 0 Å². The number of rotatable bonds is 4. The number of methoxy groups -OCH3 is 1. The predicted molar refractivity (Wildman–Crippen MR) is 85.4 cm³/mol. The van der Waals surface area contributed by atoms with Gasteiger partial charge in [-0.3, -0.25) is 9.59 Å². The van der Waals surface area contributed by atoms with Crippen molar-refractivity contribution in [2.75, 3.05) is 12.4 Å². The van der Waals surface area contributed by atoms with Crippen molar-refractivity contribution in [1.82, 2.24) is 5.43 Å². The van der Waals surface area contributed by atoms with Gasteiger partial charge in [-0.1, -0.05) is 6.07 Å². The summed E-state index contributed by atoms with van der Waals surface area (Å²) >= 11 is 0. The van der Waals surface area contributed by atoms with E-state index in [0.29, 0.717) is 5.56 Å². The molecule has 0 saturated carbocycles. The van der Waals surface area contributed by atoms with Crippen LogP contribution in [-0.2, 0) is 9.59 Å². The van der Waals surface area contributed by atoms with Crippen LogP contribution in [0, 0.1) is 5.82 Å². The average molecular weight is 331 g/mol. The Morgan fingerprint density at radius 3 is 2.54 bits per heavy atom. The minimum atomic E-state index is -1.02. The first-order valence-corrected chi connectivity index (χ1v) is 6.77. The van der Waals surface area contributed by atoms with Crippen molar-refractivity contribution in [1.29, 1.82) is 0 Å². The van der Waals surface area contributed by atoms with Crippen LogP contribution in [0.5, 0.6) is 11.5 Å². The summed E-state index contributed by atoms with van der Waals surface area (Å²) in [7, 11) is 1.40. The molecule has 0 aliphatic rings. The Kier molecular flexibility index (Phi) is 5.45. The fourth-order valence-electron chi connectivity index (χ4n) is 1.74. The van der Waals surface area contributed by atoms with Crippen LogP contribution in [0.3, 0.4) is 0 Å². The van der Waals surface area contributed by atoms with E-state index < -0.39 is 17.6 Å². The van der Waals surface area contributed by atoms with Crippen molar-refractivity contribution in [2.45, 2.75) is 0 Å². The molecule has 0 aromatic heterocycles. The maximum atomic E-state index is 12.8. The van der Waals surface area contributed by atoms with Gasteiger partial charge in [-0.15, -0.1) is 0 Å². The topological polar surface area (TPSA) is 100 Å². The Labute approximate surface area is 136 Å². The van der Waals surface area contributed by atoms with Crippen LogP contribution in [-0.4, -0.2) is 30.2 Å². The van der Waals surface area contributed by atoms with Crippen LogP contribution >= 0.6 is 0 Å². The monoisotopic (exact) mass is 331 g/mol. The van der Waals surface area contributed by atoms with Crippen molar-refractivity contribution in [2.24, 2.45) is 5.10 Å². The van der Waals surface area contributed by atoms with Gasteiger partial charge in [-0.25, -0.2) is 9.82 Å². The Hall–Kier alpha value is -3.42. The van der Waals surface area contributed by atoms with E-state index in [1.807, 2.05) is 5.43 Å². The number of carbonyl (C=O) groups excluding carboxylic acids is 2. The number of amides is 2. The maximum Gasteiger partial charge on any atom is 0.329 e. The summed E-state index contributed by atoms with van der Waals surface area (Å²) in [5, 5.41) is 15.7. The number of para-hydroxylation sites is 1. The molecular formula is C16H14FN3O4. The van der Waals surface area contributed by atoms with Gasteiger partial charge in [0.2, 0.25) is 0 Å². The third-order valence-corrected chi connectivity index (χ3v) is 2.93. The number of aromatic hydroxyl groups is 1. The van der Waals surface area contributed by atoms with Gasteiger partial charge in [-0.05, 0) is 36.4 Å². The predicted octanol–water partition coefficient (Wildman–Crippen LogP) is 1.63. The number of nitrogens with zero attached hydrogens (tertiary/aromatic N) is 1. The van der Waals surface area contributed by atoms with Gasteiger partial charge in [0.25, 0.3) is 0 Å².